The van der Waals surface area contributed by atoms with E-state index in [0.29, 0.717) is 36.8 Å². The topological polar surface area (TPSA) is 104 Å². The number of piperidine rings is 2. The van der Waals surface area contributed by atoms with E-state index in [-0.39, 0.29) is 45.1 Å². The van der Waals surface area contributed by atoms with Crippen molar-refractivity contribution in [2.24, 2.45) is 0 Å². The van der Waals surface area contributed by atoms with Crippen LogP contribution in [0.2, 0.25) is 0 Å². The fraction of sp³-hybridized carbons (Fsp3) is 0.692. The lowest BCUT2D eigenvalue weighted by Gasteiger charge is -2.50. The summed E-state index contributed by atoms with van der Waals surface area (Å²) in [7, 11) is 0. The minimum absolute atomic E-state index is 0.107. The van der Waals surface area contributed by atoms with Crippen LogP contribution in [0.5, 0.6) is 0 Å². The van der Waals surface area contributed by atoms with E-state index in [0.717, 1.165) is 0 Å². The van der Waals surface area contributed by atoms with Gasteiger partial charge in [-0.25, -0.2) is 0 Å². The maximum atomic E-state index is 12.3. The Morgan fingerprint density at radius 1 is 0.656 bits per heavy atom. The monoisotopic (exact) mass is 442 g/mol. The number of carbonyl (C=O) groups excluding carboxylic acids is 2. The molecule has 0 unspecified atom stereocenters. The molecule has 0 atom stereocenters. The number of carboxylic acid groups (broad SMARTS) is 2. The molecule has 2 aliphatic rings. The van der Waals surface area contributed by atoms with Crippen molar-refractivity contribution in [3.63, 3.8) is 0 Å². The molecule has 0 spiro atoms. The van der Waals surface area contributed by atoms with Gasteiger partial charge in [-0.15, -0.1) is 0 Å². The van der Waals surface area contributed by atoms with Crippen LogP contribution in [0.1, 0.15) is 125 Å². The normalized spacial score (nSPS) is 24.8. The zero-order valence-electron chi connectivity index (χ0n) is 20.8. The second-order valence-corrected chi connectivity index (χ2v) is 12.6. The summed E-state index contributed by atoms with van der Waals surface area (Å²) in [5.41, 5.74) is 0.582. The largest absolute Gasteiger partial charge is 0.545 e. The van der Waals surface area contributed by atoms with E-state index in [9.17, 15) is 19.8 Å². The minimum atomic E-state index is -1.26. The first-order valence-corrected chi connectivity index (χ1v) is 11.6. The molecule has 2 fully saturated rings. The Balaban J connectivity index is 2.29. The zero-order valence-corrected chi connectivity index (χ0v) is 20.8. The molecular formula is C26H38N2O4-2. The molecule has 1 aromatic rings. The Bertz CT molecular complexity index is 823. The van der Waals surface area contributed by atoms with Crippen molar-refractivity contribution in [3.8, 4) is 0 Å². The van der Waals surface area contributed by atoms with Gasteiger partial charge in [-0.3, -0.25) is 0 Å². The Morgan fingerprint density at radius 2 is 0.906 bits per heavy atom. The fourth-order valence-corrected chi connectivity index (χ4v) is 6.92. The SMILES string of the molecule is CC1(C)CC(c2c(C(=O)[O-])ccc(C(=O)[O-])c2C2CC(C)(C)NC(C)(C)C2)CC(C)(C)N1. The van der Waals surface area contributed by atoms with Gasteiger partial charge in [0.15, 0.2) is 0 Å². The van der Waals surface area contributed by atoms with Crippen molar-refractivity contribution in [2.75, 3.05) is 0 Å². The number of carbonyl (C=O) groups is 2. The number of hydrogen-bond donors (Lipinski definition) is 2. The molecule has 6 heteroatoms. The van der Waals surface area contributed by atoms with Crippen LogP contribution in [0.25, 0.3) is 0 Å². The number of rotatable bonds is 4. The van der Waals surface area contributed by atoms with E-state index in [1.165, 1.54) is 12.1 Å². The first-order chi connectivity index (χ1) is 14.4. The molecule has 0 aromatic heterocycles. The lowest BCUT2D eigenvalue weighted by Crippen LogP contribution is -2.58. The van der Waals surface area contributed by atoms with E-state index in [4.69, 9.17) is 0 Å². The van der Waals surface area contributed by atoms with E-state index in [1.807, 2.05) is 0 Å². The van der Waals surface area contributed by atoms with Crippen LogP contribution < -0.4 is 20.8 Å². The number of nitrogens with one attached hydrogen (secondary N) is 2. The molecule has 32 heavy (non-hydrogen) atoms. The van der Waals surface area contributed by atoms with Crippen LogP contribution in [-0.2, 0) is 0 Å². The summed E-state index contributed by atoms with van der Waals surface area (Å²) in [6, 6.07) is 2.80. The molecule has 0 bridgehead atoms. The second kappa shape index (κ2) is 7.84. The van der Waals surface area contributed by atoms with Crippen LogP contribution in [-0.4, -0.2) is 34.1 Å². The quantitative estimate of drug-likeness (QED) is 0.742. The highest BCUT2D eigenvalue weighted by atomic mass is 16.4. The smallest absolute Gasteiger partial charge is 0.0718 e. The van der Waals surface area contributed by atoms with E-state index in [2.05, 4.69) is 66.0 Å². The molecular weight excluding hydrogens is 404 g/mol. The highest BCUT2D eigenvalue weighted by Gasteiger charge is 2.44. The van der Waals surface area contributed by atoms with Gasteiger partial charge in [-0.05, 0) is 104 Å². The second-order valence-electron chi connectivity index (χ2n) is 12.6. The Labute approximate surface area is 192 Å². The van der Waals surface area contributed by atoms with Gasteiger partial charge in [0.05, 0.1) is 11.9 Å². The summed E-state index contributed by atoms with van der Waals surface area (Å²) >= 11 is 0. The Kier molecular flexibility index (Phi) is 6.06. The summed E-state index contributed by atoms with van der Waals surface area (Å²) in [5, 5.41) is 31.8. The molecule has 2 N–H and O–H groups in total. The molecule has 2 saturated heterocycles. The van der Waals surface area contributed by atoms with Crippen molar-refractivity contribution < 1.29 is 19.8 Å². The molecule has 0 aliphatic carbocycles. The van der Waals surface area contributed by atoms with Crippen LogP contribution in [0, 0.1) is 0 Å². The van der Waals surface area contributed by atoms with Crippen molar-refractivity contribution in [2.45, 2.75) is 115 Å². The highest BCUT2D eigenvalue weighted by Crippen LogP contribution is 2.48. The van der Waals surface area contributed by atoms with Crippen LogP contribution in [0.4, 0.5) is 0 Å². The summed E-state index contributed by atoms with van der Waals surface area (Å²) in [6.07, 6.45) is 2.83. The molecule has 178 valence electrons. The van der Waals surface area contributed by atoms with Crippen LogP contribution in [0.15, 0.2) is 12.1 Å². The van der Waals surface area contributed by atoms with Gasteiger partial charge < -0.3 is 30.4 Å². The van der Waals surface area contributed by atoms with Gasteiger partial charge in [0.25, 0.3) is 0 Å². The summed E-state index contributed by atoms with van der Waals surface area (Å²) < 4.78 is 0. The highest BCUT2D eigenvalue weighted by molar-refractivity contribution is 5.94. The third-order valence-corrected chi connectivity index (χ3v) is 6.92. The molecule has 3 rings (SSSR count). The van der Waals surface area contributed by atoms with Gasteiger partial charge >= 0.3 is 0 Å². The predicted octanol–water partition coefficient (Wildman–Crippen LogP) is 2.46. The maximum Gasteiger partial charge on any atom is 0.0718 e. The van der Waals surface area contributed by atoms with Gasteiger partial charge in [-0.2, -0.15) is 0 Å². The average molecular weight is 443 g/mol. The number of carboxylic acids is 2. The molecule has 0 radical (unpaired) electrons. The van der Waals surface area contributed by atoms with Crippen LogP contribution in [0.3, 0.4) is 0 Å². The van der Waals surface area contributed by atoms with Gasteiger partial charge in [0.1, 0.15) is 0 Å². The van der Waals surface area contributed by atoms with Crippen molar-refractivity contribution in [1.29, 1.82) is 0 Å². The Morgan fingerprint density at radius 3 is 1.12 bits per heavy atom. The van der Waals surface area contributed by atoms with Gasteiger partial charge in [0, 0.05) is 33.3 Å². The van der Waals surface area contributed by atoms with E-state index >= 15 is 0 Å². The lowest BCUT2D eigenvalue weighted by molar-refractivity contribution is -0.256. The number of hydrogen-bond acceptors (Lipinski definition) is 6. The first-order valence-electron chi connectivity index (χ1n) is 11.6. The predicted molar refractivity (Wildman–Crippen MR) is 122 cm³/mol. The summed E-state index contributed by atoms with van der Waals surface area (Å²) in [5.74, 6) is -2.73. The molecule has 0 saturated carbocycles. The van der Waals surface area contributed by atoms with Gasteiger partial charge in [-0.1, -0.05) is 12.1 Å². The molecule has 1 aromatic carbocycles. The van der Waals surface area contributed by atoms with E-state index in [1.54, 1.807) is 0 Å². The summed E-state index contributed by atoms with van der Waals surface area (Å²) in [6.45, 7) is 16.9. The molecule has 0 amide bonds. The minimum Gasteiger partial charge on any atom is -0.545 e. The number of benzene rings is 1. The van der Waals surface area contributed by atoms with Gasteiger partial charge in [0.2, 0.25) is 0 Å². The van der Waals surface area contributed by atoms with Crippen molar-refractivity contribution in [3.05, 3.63) is 34.4 Å². The zero-order chi connectivity index (χ0) is 24.3. The van der Waals surface area contributed by atoms with Crippen molar-refractivity contribution in [1.82, 2.24) is 10.6 Å². The summed E-state index contributed by atoms with van der Waals surface area (Å²) in [4.78, 5) is 24.5. The van der Waals surface area contributed by atoms with Crippen molar-refractivity contribution >= 4 is 11.9 Å². The standard InChI is InChI=1S/C26H40N2O4/c1-23(2)11-15(12-24(3,4)27-23)19-17(21(29)30)9-10-18(22(31)32)20(19)16-13-25(5,6)28-26(7,8)14-16/h9-10,15-16,27-28H,11-14H2,1-8H3,(H,29,30)(H,31,32)/p-2. The Hall–Kier alpha value is -1.92. The molecule has 2 aliphatic heterocycles. The lowest BCUT2D eigenvalue weighted by atomic mass is 9.66. The molecule has 2 heterocycles. The fourth-order valence-electron chi connectivity index (χ4n) is 6.92. The van der Waals surface area contributed by atoms with Crippen LogP contribution >= 0.6 is 0 Å². The third kappa shape index (κ3) is 5.18. The molecule has 6 nitrogen and oxygen atoms in total. The van der Waals surface area contributed by atoms with E-state index < -0.39 is 11.9 Å². The number of aromatic carboxylic acids is 2. The third-order valence-electron chi connectivity index (χ3n) is 6.92. The average Bonchev–Trinajstić information content (AvgIpc) is 2.54. The maximum absolute atomic E-state index is 12.3. The first kappa shape index (κ1) is 24.7.